The maximum absolute atomic E-state index is 12.7. The fraction of sp³-hybridized carbons (Fsp3) is 0.545. The SMILES string of the molecule is CCCCCC(CC)OC(=O)c1ccc2c(c1)nc(NC(C)=O)n2C1=NCC(C)S1. The van der Waals surface area contributed by atoms with E-state index in [9.17, 15) is 9.59 Å². The third-order valence-electron chi connectivity index (χ3n) is 5.02. The highest BCUT2D eigenvalue weighted by atomic mass is 32.2. The van der Waals surface area contributed by atoms with Crippen molar-refractivity contribution in [3.63, 3.8) is 0 Å². The van der Waals surface area contributed by atoms with Gasteiger partial charge in [0.25, 0.3) is 0 Å². The van der Waals surface area contributed by atoms with Crippen molar-refractivity contribution in [2.45, 2.75) is 71.2 Å². The average molecular weight is 431 g/mol. The molecular weight excluding hydrogens is 400 g/mol. The number of aliphatic imine (C=N–C) groups is 1. The second-order valence-corrected chi connectivity index (χ2v) is 9.04. The van der Waals surface area contributed by atoms with Gasteiger partial charge in [-0.15, -0.1) is 0 Å². The van der Waals surface area contributed by atoms with Crippen molar-refractivity contribution in [3.05, 3.63) is 23.8 Å². The van der Waals surface area contributed by atoms with Gasteiger partial charge in [-0.3, -0.25) is 19.7 Å². The molecule has 2 heterocycles. The van der Waals surface area contributed by atoms with E-state index in [4.69, 9.17) is 4.74 Å². The number of anilines is 1. The Morgan fingerprint density at radius 2 is 2.13 bits per heavy atom. The standard InChI is InChI=1S/C22H30N4O3S/c1-5-7-8-9-17(6-2)29-20(28)16-10-11-19-18(12-16)25-21(24-15(4)27)26(19)22-23-13-14(3)30-22/h10-12,14,17H,5-9,13H2,1-4H3,(H,24,25,27). The van der Waals surface area contributed by atoms with E-state index >= 15 is 0 Å². The summed E-state index contributed by atoms with van der Waals surface area (Å²) in [6.45, 7) is 8.47. The molecular formula is C22H30N4O3S. The zero-order chi connectivity index (χ0) is 21.7. The number of fused-ring (bicyclic) bond motifs is 1. The summed E-state index contributed by atoms with van der Waals surface area (Å²) in [7, 11) is 0. The summed E-state index contributed by atoms with van der Waals surface area (Å²) in [6, 6.07) is 5.32. The molecule has 3 rings (SSSR count). The molecule has 7 nitrogen and oxygen atoms in total. The highest BCUT2D eigenvalue weighted by Crippen LogP contribution is 2.29. The van der Waals surface area contributed by atoms with E-state index in [-0.39, 0.29) is 18.0 Å². The summed E-state index contributed by atoms with van der Waals surface area (Å²) < 4.78 is 7.57. The van der Waals surface area contributed by atoms with Crippen LogP contribution >= 0.6 is 11.8 Å². The van der Waals surface area contributed by atoms with Crippen molar-refractivity contribution in [1.29, 1.82) is 0 Å². The molecule has 1 aromatic heterocycles. The molecule has 2 aromatic rings. The quantitative estimate of drug-likeness (QED) is 0.478. The summed E-state index contributed by atoms with van der Waals surface area (Å²) in [6.07, 6.45) is 4.96. The number of nitrogens with zero attached hydrogens (tertiary/aromatic N) is 3. The highest BCUT2D eigenvalue weighted by Gasteiger charge is 2.24. The van der Waals surface area contributed by atoms with Crippen molar-refractivity contribution in [1.82, 2.24) is 9.55 Å². The number of carbonyl (C=O) groups excluding carboxylic acids is 2. The Hall–Kier alpha value is -2.35. The van der Waals surface area contributed by atoms with Crippen LogP contribution in [0.3, 0.4) is 0 Å². The fourth-order valence-corrected chi connectivity index (χ4v) is 4.36. The molecule has 0 fully saturated rings. The number of amides is 1. The molecule has 30 heavy (non-hydrogen) atoms. The molecule has 2 atom stereocenters. The van der Waals surface area contributed by atoms with Gasteiger partial charge in [-0.25, -0.2) is 9.78 Å². The minimum absolute atomic E-state index is 0.0713. The van der Waals surface area contributed by atoms with Gasteiger partial charge in [-0.2, -0.15) is 0 Å². The Morgan fingerprint density at radius 1 is 1.33 bits per heavy atom. The Bertz CT molecular complexity index is 953. The number of esters is 1. The summed E-state index contributed by atoms with van der Waals surface area (Å²) in [5, 5.41) is 3.94. The zero-order valence-electron chi connectivity index (χ0n) is 18.1. The van der Waals surface area contributed by atoms with Crippen molar-refractivity contribution < 1.29 is 14.3 Å². The molecule has 1 aliphatic rings. The van der Waals surface area contributed by atoms with Crippen LogP contribution in [0.5, 0.6) is 0 Å². The van der Waals surface area contributed by atoms with E-state index < -0.39 is 0 Å². The molecule has 0 saturated heterocycles. The number of thioether (sulfide) groups is 1. The Balaban J connectivity index is 1.86. The van der Waals surface area contributed by atoms with Crippen molar-refractivity contribution in [2.24, 2.45) is 4.99 Å². The van der Waals surface area contributed by atoms with Crippen LogP contribution < -0.4 is 5.32 Å². The first kappa shape index (κ1) is 22.3. The van der Waals surface area contributed by atoms with E-state index in [0.29, 0.717) is 22.3 Å². The Labute approximate surface area is 181 Å². The molecule has 2 unspecified atom stereocenters. The average Bonchev–Trinajstić information content (AvgIpc) is 3.28. The fourth-order valence-electron chi connectivity index (χ4n) is 3.41. The molecule has 162 valence electrons. The maximum atomic E-state index is 12.7. The van der Waals surface area contributed by atoms with E-state index in [1.165, 1.54) is 6.92 Å². The van der Waals surface area contributed by atoms with Crippen LogP contribution in [0.15, 0.2) is 23.2 Å². The van der Waals surface area contributed by atoms with Crippen molar-refractivity contribution in [2.75, 3.05) is 11.9 Å². The predicted molar refractivity (Wildman–Crippen MR) is 122 cm³/mol. The molecule has 1 aromatic carbocycles. The summed E-state index contributed by atoms with van der Waals surface area (Å²) >= 11 is 1.64. The van der Waals surface area contributed by atoms with Crippen LogP contribution in [0.25, 0.3) is 11.0 Å². The Morgan fingerprint density at radius 3 is 2.77 bits per heavy atom. The van der Waals surface area contributed by atoms with Crippen LogP contribution in [0, 0.1) is 0 Å². The van der Waals surface area contributed by atoms with E-state index in [0.717, 1.165) is 49.3 Å². The monoisotopic (exact) mass is 430 g/mol. The Kier molecular flexibility index (Phi) is 7.53. The van der Waals surface area contributed by atoms with Gasteiger partial charge in [-0.05, 0) is 37.5 Å². The van der Waals surface area contributed by atoms with Crippen molar-refractivity contribution in [3.8, 4) is 0 Å². The van der Waals surface area contributed by atoms with Crippen LogP contribution in [-0.2, 0) is 9.53 Å². The highest BCUT2D eigenvalue weighted by molar-refractivity contribution is 8.14. The molecule has 1 amide bonds. The first-order valence-electron chi connectivity index (χ1n) is 10.7. The molecule has 8 heteroatoms. The smallest absolute Gasteiger partial charge is 0.338 e. The van der Waals surface area contributed by atoms with Crippen LogP contribution in [-0.4, -0.2) is 44.5 Å². The van der Waals surface area contributed by atoms with Gasteiger partial charge in [0.05, 0.1) is 23.1 Å². The topological polar surface area (TPSA) is 85.6 Å². The summed E-state index contributed by atoms with van der Waals surface area (Å²) in [4.78, 5) is 33.5. The number of hydrogen-bond acceptors (Lipinski definition) is 6. The lowest BCUT2D eigenvalue weighted by atomic mass is 10.1. The largest absolute Gasteiger partial charge is 0.459 e. The molecule has 0 spiro atoms. The third-order valence-corrected chi connectivity index (χ3v) is 6.09. The number of unbranched alkanes of at least 4 members (excludes halogenated alkanes) is 2. The van der Waals surface area contributed by atoms with Gasteiger partial charge in [0, 0.05) is 12.2 Å². The van der Waals surface area contributed by atoms with Crippen molar-refractivity contribution >= 4 is 45.8 Å². The maximum Gasteiger partial charge on any atom is 0.338 e. The minimum Gasteiger partial charge on any atom is -0.459 e. The van der Waals surface area contributed by atoms with Gasteiger partial charge in [0.1, 0.15) is 6.10 Å². The number of aromatic nitrogens is 2. The van der Waals surface area contributed by atoms with Gasteiger partial charge >= 0.3 is 5.97 Å². The first-order chi connectivity index (χ1) is 14.4. The zero-order valence-corrected chi connectivity index (χ0v) is 18.9. The lowest BCUT2D eigenvalue weighted by molar-refractivity contribution is -0.114. The van der Waals surface area contributed by atoms with Gasteiger partial charge in [-0.1, -0.05) is 45.4 Å². The van der Waals surface area contributed by atoms with E-state index in [2.05, 4.69) is 29.1 Å². The number of carbonyl (C=O) groups is 2. The lowest BCUT2D eigenvalue weighted by Gasteiger charge is -2.16. The van der Waals surface area contributed by atoms with Crippen LogP contribution in [0.1, 0.15) is 70.2 Å². The number of hydrogen-bond donors (Lipinski definition) is 1. The molecule has 0 radical (unpaired) electrons. The van der Waals surface area contributed by atoms with Gasteiger partial charge < -0.3 is 4.74 Å². The number of nitrogens with one attached hydrogen (secondary N) is 1. The number of rotatable bonds is 8. The van der Waals surface area contributed by atoms with Gasteiger partial charge in [0.15, 0.2) is 5.17 Å². The van der Waals surface area contributed by atoms with Crippen LogP contribution in [0.2, 0.25) is 0 Å². The first-order valence-corrected chi connectivity index (χ1v) is 11.5. The second kappa shape index (κ2) is 10.1. The van der Waals surface area contributed by atoms with E-state index in [1.807, 2.05) is 17.6 Å². The molecule has 1 aliphatic heterocycles. The normalized spacial score (nSPS) is 17.1. The lowest BCUT2D eigenvalue weighted by Crippen LogP contribution is -2.17. The van der Waals surface area contributed by atoms with E-state index in [1.54, 1.807) is 23.9 Å². The van der Waals surface area contributed by atoms with Gasteiger partial charge in [0.2, 0.25) is 11.9 Å². The molecule has 0 saturated carbocycles. The third kappa shape index (κ3) is 5.22. The molecule has 0 bridgehead atoms. The number of imidazole rings is 1. The molecule has 1 N–H and O–H groups in total. The number of ether oxygens (including phenoxy) is 1. The summed E-state index contributed by atoms with van der Waals surface area (Å²) in [5.74, 6) is -0.132. The number of benzene rings is 1. The second-order valence-electron chi connectivity index (χ2n) is 7.64. The molecule has 0 aliphatic carbocycles. The van der Waals surface area contributed by atoms with Crippen LogP contribution in [0.4, 0.5) is 5.95 Å². The minimum atomic E-state index is -0.336. The summed E-state index contributed by atoms with van der Waals surface area (Å²) in [5.41, 5.74) is 1.88. The predicted octanol–water partition coefficient (Wildman–Crippen LogP) is 4.85.